The Morgan fingerprint density at radius 2 is 2.33 bits per heavy atom. The number of nitrogens with one attached hydrogen (secondary N) is 1. The lowest BCUT2D eigenvalue weighted by molar-refractivity contribution is 0.0938. The number of hydrogen-bond donors (Lipinski definition) is 1. The first-order valence-electron chi connectivity index (χ1n) is 6.51. The van der Waals surface area contributed by atoms with Gasteiger partial charge in [0.1, 0.15) is 5.69 Å². The molecule has 2 unspecified atom stereocenters. The second-order valence-electron chi connectivity index (χ2n) is 5.00. The average molecular weight is 311 g/mol. The molecule has 1 heterocycles. The average Bonchev–Trinajstić information content (AvgIpc) is 2.36. The molecule has 0 aliphatic heterocycles. The fourth-order valence-electron chi connectivity index (χ4n) is 2.41. The summed E-state index contributed by atoms with van der Waals surface area (Å²) >= 11 is 3.67. The van der Waals surface area contributed by atoms with E-state index in [2.05, 4.69) is 26.2 Å². The van der Waals surface area contributed by atoms with Crippen LogP contribution in [0.15, 0.2) is 18.2 Å². The van der Waals surface area contributed by atoms with E-state index < -0.39 is 0 Å². The van der Waals surface area contributed by atoms with E-state index in [0.29, 0.717) is 16.4 Å². The van der Waals surface area contributed by atoms with Crippen molar-refractivity contribution in [3.63, 3.8) is 0 Å². The lowest BCUT2D eigenvalue weighted by atomic mass is 9.89. The summed E-state index contributed by atoms with van der Waals surface area (Å²) < 4.78 is 0. The fraction of sp³-hybridized carbons (Fsp3) is 0.571. The number of halogens is 1. The molecule has 1 amide bonds. The number of carbonyl (C=O) groups is 1. The summed E-state index contributed by atoms with van der Waals surface area (Å²) in [5.74, 6) is 0.535. The number of nitrogens with zero attached hydrogens (tertiary/aromatic N) is 1. The van der Waals surface area contributed by atoms with Gasteiger partial charge in [0, 0.05) is 17.1 Å². The van der Waals surface area contributed by atoms with Crippen molar-refractivity contribution < 1.29 is 4.79 Å². The molecule has 18 heavy (non-hydrogen) atoms. The second-order valence-corrected chi connectivity index (χ2v) is 6.30. The van der Waals surface area contributed by atoms with Gasteiger partial charge in [-0.3, -0.25) is 4.79 Å². The summed E-state index contributed by atoms with van der Waals surface area (Å²) in [5.41, 5.74) is 1.39. The molecule has 1 N–H and O–H groups in total. The molecule has 0 spiro atoms. The third kappa shape index (κ3) is 3.80. The Morgan fingerprint density at radius 3 is 3.06 bits per heavy atom. The Bertz CT molecular complexity index is 422. The largest absolute Gasteiger partial charge is 0.350 e. The van der Waals surface area contributed by atoms with Gasteiger partial charge in [-0.25, -0.2) is 4.98 Å². The molecule has 0 bridgehead atoms. The molecular weight excluding hydrogens is 292 g/mol. The minimum atomic E-state index is -0.0598. The van der Waals surface area contributed by atoms with Crippen molar-refractivity contribution in [1.29, 1.82) is 0 Å². The summed E-state index contributed by atoms with van der Waals surface area (Å²) in [6.07, 6.45) is 4.87. The van der Waals surface area contributed by atoms with Crippen molar-refractivity contribution in [2.75, 3.05) is 6.54 Å². The number of alkyl halides is 1. The number of rotatable bonds is 3. The SMILES string of the molecule is Cc1cccc(C(=O)NCC2CCCC(Br)C2)n1. The third-order valence-corrected chi connectivity index (χ3v) is 4.22. The van der Waals surface area contributed by atoms with Gasteiger partial charge in [0.05, 0.1) is 0 Å². The lowest BCUT2D eigenvalue weighted by Crippen LogP contribution is -2.32. The highest BCUT2D eigenvalue weighted by Gasteiger charge is 2.20. The quantitative estimate of drug-likeness (QED) is 0.872. The first kappa shape index (κ1) is 13.5. The Morgan fingerprint density at radius 1 is 1.50 bits per heavy atom. The van der Waals surface area contributed by atoms with E-state index in [1.807, 2.05) is 19.1 Å². The highest BCUT2D eigenvalue weighted by atomic mass is 79.9. The minimum absolute atomic E-state index is 0.0598. The van der Waals surface area contributed by atoms with Crippen LogP contribution in [-0.4, -0.2) is 22.3 Å². The molecular formula is C14H19BrN2O. The molecule has 1 saturated carbocycles. The van der Waals surface area contributed by atoms with Crippen molar-refractivity contribution in [2.45, 2.75) is 37.4 Å². The smallest absolute Gasteiger partial charge is 0.269 e. The van der Waals surface area contributed by atoms with Gasteiger partial charge in [-0.1, -0.05) is 28.4 Å². The van der Waals surface area contributed by atoms with E-state index in [4.69, 9.17) is 0 Å². The molecule has 1 fully saturated rings. The molecule has 1 aliphatic carbocycles. The van der Waals surface area contributed by atoms with Crippen LogP contribution in [0.1, 0.15) is 41.9 Å². The van der Waals surface area contributed by atoms with E-state index in [9.17, 15) is 4.79 Å². The van der Waals surface area contributed by atoms with E-state index in [1.54, 1.807) is 6.07 Å². The van der Waals surface area contributed by atoms with Gasteiger partial charge < -0.3 is 5.32 Å². The van der Waals surface area contributed by atoms with Gasteiger partial charge in [-0.05, 0) is 44.2 Å². The monoisotopic (exact) mass is 310 g/mol. The Balaban J connectivity index is 1.84. The molecule has 0 saturated heterocycles. The summed E-state index contributed by atoms with van der Waals surface area (Å²) in [4.78, 5) is 16.8. The van der Waals surface area contributed by atoms with E-state index in [0.717, 1.165) is 18.7 Å². The Hall–Kier alpha value is -0.900. The summed E-state index contributed by atoms with van der Waals surface area (Å²) in [6, 6.07) is 5.52. The Kier molecular flexibility index (Phi) is 4.75. The van der Waals surface area contributed by atoms with Crippen molar-refractivity contribution >= 4 is 21.8 Å². The molecule has 2 rings (SSSR count). The maximum Gasteiger partial charge on any atom is 0.269 e. The normalized spacial score (nSPS) is 23.7. The van der Waals surface area contributed by atoms with Crippen LogP contribution in [0.25, 0.3) is 0 Å². The van der Waals surface area contributed by atoms with Crippen molar-refractivity contribution in [3.05, 3.63) is 29.6 Å². The zero-order valence-electron chi connectivity index (χ0n) is 10.7. The van der Waals surface area contributed by atoms with Crippen molar-refractivity contribution in [1.82, 2.24) is 10.3 Å². The minimum Gasteiger partial charge on any atom is -0.350 e. The van der Waals surface area contributed by atoms with Crippen LogP contribution in [0, 0.1) is 12.8 Å². The maximum absolute atomic E-state index is 11.9. The van der Waals surface area contributed by atoms with E-state index in [1.165, 1.54) is 19.3 Å². The number of amides is 1. The van der Waals surface area contributed by atoms with Crippen LogP contribution in [-0.2, 0) is 0 Å². The number of pyridine rings is 1. The van der Waals surface area contributed by atoms with Gasteiger partial charge in [-0.2, -0.15) is 0 Å². The first-order valence-corrected chi connectivity index (χ1v) is 7.42. The molecule has 98 valence electrons. The first-order chi connectivity index (χ1) is 8.65. The summed E-state index contributed by atoms with van der Waals surface area (Å²) in [7, 11) is 0. The highest BCUT2D eigenvalue weighted by molar-refractivity contribution is 9.09. The highest BCUT2D eigenvalue weighted by Crippen LogP contribution is 2.28. The number of aryl methyl sites for hydroxylation is 1. The van der Waals surface area contributed by atoms with Gasteiger partial charge in [0.25, 0.3) is 5.91 Å². The molecule has 4 heteroatoms. The van der Waals surface area contributed by atoms with Gasteiger partial charge in [0.2, 0.25) is 0 Å². The summed E-state index contributed by atoms with van der Waals surface area (Å²) in [6.45, 7) is 2.66. The zero-order chi connectivity index (χ0) is 13.0. The fourth-order valence-corrected chi connectivity index (χ4v) is 3.26. The zero-order valence-corrected chi connectivity index (χ0v) is 12.2. The number of hydrogen-bond acceptors (Lipinski definition) is 2. The number of carbonyl (C=O) groups excluding carboxylic acids is 1. The maximum atomic E-state index is 11.9. The van der Waals surface area contributed by atoms with Crippen LogP contribution in [0.5, 0.6) is 0 Å². The van der Waals surface area contributed by atoms with Crippen LogP contribution in [0.3, 0.4) is 0 Å². The van der Waals surface area contributed by atoms with Crippen LogP contribution in [0.4, 0.5) is 0 Å². The molecule has 1 aliphatic rings. The Labute approximate surface area is 117 Å². The predicted molar refractivity (Wildman–Crippen MR) is 76.0 cm³/mol. The molecule has 0 aromatic carbocycles. The molecule has 3 nitrogen and oxygen atoms in total. The lowest BCUT2D eigenvalue weighted by Gasteiger charge is -2.25. The second kappa shape index (κ2) is 6.32. The van der Waals surface area contributed by atoms with Crippen molar-refractivity contribution in [2.24, 2.45) is 5.92 Å². The van der Waals surface area contributed by atoms with Gasteiger partial charge in [0.15, 0.2) is 0 Å². The molecule has 0 radical (unpaired) electrons. The van der Waals surface area contributed by atoms with Gasteiger partial charge >= 0.3 is 0 Å². The van der Waals surface area contributed by atoms with Crippen molar-refractivity contribution in [3.8, 4) is 0 Å². The predicted octanol–water partition coefficient (Wildman–Crippen LogP) is 3.07. The third-order valence-electron chi connectivity index (χ3n) is 3.39. The number of aromatic nitrogens is 1. The van der Waals surface area contributed by atoms with Crippen LogP contribution < -0.4 is 5.32 Å². The molecule has 2 atom stereocenters. The topological polar surface area (TPSA) is 42.0 Å². The van der Waals surface area contributed by atoms with E-state index in [-0.39, 0.29) is 5.91 Å². The molecule has 1 aromatic rings. The van der Waals surface area contributed by atoms with E-state index >= 15 is 0 Å². The van der Waals surface area contributed by atoms with Gasteiger partial charge in [-0.15, -0.1) is 0 Å². The standard InChI is InChI=1S/C14H19BrN2O/c1-10-4-2-7-13(17-10)14(18)16-9-11-5-3-6-12(15)8-11/h2,4,7,11-12H,3,5-6,8-9H2,1H3,(H,16,18). The summed E-state index contributed by atoms with van der Waals surface area (Å²) in [5, 5.41) is 2.99. The van der Waals surface area contributed by atoms with Crippen LogP contribution in [0.2, 0.25) is 0 Å². The molecule has 1 aromatic heterocycles. The van der Waals surface area contributed by atoms with Crippen LogP contribution >= 0.6 is 15.9 Å².